The van der Waals surface area contributed by atoms with Crippen LogP contribution in [0.25, 0.3) is 0 Å². The van der Waals surface area contributed by atoms with E-state index in [1.54, 1.807) is 0 Å². The summed E-state index contributed by atoms with van der Waals surface area (Å²) in [5.41, 5.74) is 3.42. The van der Waals surface area contributed by atoms with Gasteiger partial charge in [-0.25, -0.2) is 4.98 Å². The fourth-order valence-corrected chi connectivity index (χ4v) is 2.60. The molecule has 2 aromatic heterocycles. The Labute approximate surface area is 143 Å². The number of hydrogen-bond acceptors (Lipinski definition) is 4. The van der Waals surface area contributed by atoms with Crippen LogP contribution >= 0.6 is 24.8 Å². The number of ether oxygens (including phenoxy) is 1. The summed E-state index contributed by atoms with van der Waals surface area (Å²) in [5.74, 6) is 1.10. The Morgan fingerprint density at radius 3 is 2.86 bits per heavy atom. The van der Waals surface area contributed by atoms with Crippen molar-refractivity contribution in [2.75, 3.05) is 6.54 Å². The molecule has 2 aromatic rings. The summed E-state index contributed by atoms with van der Waals surface area (Å²) < 4.78 is 8.06. The van der Waals surface area contributed by atoms with Crippen LogP contribution in [0, 0.1) is 6.92 Å². The van der Waals surface area contributed by atoms with Crippen molar-refractivity contribution in [2.45, 2.75) is 39.6 Å². The Morgan fingerprint density at radius 2 is 2.09 bits per heavy atom. The van der Waals surface area contributed by atoms with Crippen molar-refractivity contribution in [3.05, 3.63) is 47.3 Å². The third-order valence-corrected chi connectivity index (χ3v) is 3.59. The number of imidazole rings is 1. The second-order valence-electron chi connectivity index (χ2n) is 5.30. The molecule has 0 saturated carbocycles. The highest BCUT2D eigenvalue weighted by atomic mass is 35.5. The largest absolute Gasteiger partial charge is 0.370 e. The fourth-order valence-electron chi connectivity index (χ4n) is 2.60. The molecular formula is C15H22Cl2N4O. The van der Waals surface area contributed by atoms with Gasteiger partial charge in [0.25, 0.3) is 0 Å². The van der Waals surface area contributed by atoms with Crippen molar-refractivity contribution in [1.29, 1.82) is 0 Å². The van der Waals surface area contributed by atoms with E-state index in [0.29, 0.717) is 19.3 Å². The van der Waals surface area contributed by atoms with Crippen LogP contribution in [-0.4, -0.2) is 21.1 Å². The van der Waals surface area contributed by atoms with Crippen LogP contribution in [0.2, 0.25) is 0 Å². The van der Waals surface area contributed by atoms with E-state index < -0.39 is 0 Å². The average molecular weight is 345 g/mol. The number of aromatic nitrogens is 3. The molecule has 0 fully saturated rings. The van der Waals surface area contributed by atoms with Gasteiger partial charge in [-0.2, -0.15) is 0 Å². The SMILES string of the molecule is Cc1cncc(COCc2cnc3n2CCNC3C)c1.Cl.Cl. The lowest BCUT2D eigenvalue weighted by Crippen LogP contribution is -2.32. The third-order valence-electron chi connectivity index (χ3n) is 3.59. The predicted molar refractivity (Wildman–Crippen MR) is 90.6 cm³/mol. The Hall–Kier alpha value is -1.14. The van der Waals surface area contributed by atoms with Gasteiger partial charge >= 0.3 is 0 Å². The van der Waals surface area contributed by atoms with Crippen LogP contribution < -0.4 is 5.32 Å². The summed E-state index contributed by atoms with van der Waals surface area (Å²) in [7, 11) is 0. The first-order chi connectivity index (χ1) is 9.74. The lowest BCUT2D eigenvalue weighted by Gasteiger charge is -2.23. The molecule has 0 saturated heterocycles. The molecule has 1 aliphatic heterocycles. The second-order valence-corrected chi connectivity index (χ2v) is 5.30. The minimum absolute atomic E-state index is 0. The van der Waals surface area contributed by atoms with Gasteiger partial charge in [-0.05, 0) is 25.0 Å². The fraction of sp³-hybridized carbons (Fsp3) is 0.467. The van der Waals surface area contributed by atoms with Gasteiger partial charge in [-0.15, -0.1) is 24.8 Å². The first-order valence-electron chi connectivity index (χ1n) is 7.00. The zero-order chi connectivity index (χ0) is 13.9. The van der Waals surface area contributed by atoms with Gasteiger partial charge in [-0.3, -0.25) is 4.98 Å². The Morgan fingerprint density at radius 1 is 1.27 bits per heavy atom. The zero-order valence-electron chi connectivity index (χ0n) is 12.8. The van der Waals surface area contributed by atoms with E-state index in [0.717, 1.165) is 35.7 Å². The number of aryl methyl sites for hydroxylation is 1. The van der Waals surface area contributed by atoms with Gasteiger partial charge in [0.15, 0.2) is 0 Å². The van der Waals surface area contributed by atoms with Crippen molar-refractivity contribution in [2.24, 2.45) is 0 Å². The summed E-state index contributed by atoms with van der Waals surface area (Å²) in [6.45, 7) is 7.31. The molecule has 0 bridgehead atoms. The van der Waals surface area contributed by atoms with E-state index >= 15 is 0 Å². The normalized spacial score (nSPS) is 16.4. The average Bonchev–Trinajstić information content (AvgIpc) is 2.84. The van der Waals surface area contributed by atoms with Crippen molar-refractivity contribution in [3.8, 4) is 0 Å². The second kappa shape index (κ2) is 8.48. The number of pyridine rings is 1. The van der Waals surface area contributed by atoms with Crippen LogP contribution in [0.5, 0.6) is 0 Å². The van der Waals surface area contributed by atoms with Crippen molar-refractivity contribution in [1.82, 2.24) is 19.9 Å². The molecule has 122 valence electrons. The number of halogens is 2. The van der Waals surface area contributed by atoms with E-state index in [1.165, 1.54) is 0 Å². The van der Waals surface area contributed by atoms with Crippen LogP contribution in [0.1, 0.15) is 35.6 Å². The van der Waals surface area contributed by atoms with Crippen LogP contribution in [0.3, 0.4) is 0 Å². The summed E-state index contributed by atoms with van der Waals surface area (Å²) in [6, 6.07) is 2.42. The Bertz CT molecular complexity index is 603. The van der Waals surface area contributed by atoms with Gasteiger partial charge in [0.05, 0.1) is 31.1 Å². The van der Waals surface area contributed by atoms with Gasteiger partial charge in [0.1, 0.15) is 5.82 Å². The number of nitrogens with zero attached hydrogens (tertiary/aromatic N) is 3. The molecule has 3 heterocycles. The molecule has 0 radical (unpaired) electrons. The molecule has 5 nitrogen and oxygen atoms in total. The minimum atomic E-state index is 0. The van der Waals surface area contributed by atoms with Crippen molar-refractivity contribution < 1.29 is 4.74 Å². The highest BCUT2D eigenvalue weighted by Crippen LogP contribution is 2.18. The van der Waals surface area contributed by atoms with Gasteiger partial charge in [0, 0.05) is 25.5 Å². The van der Waals surface area contributed by atoms with Crippen LogP contribution in [0.15, 0.2) is 24.7 Å². The molecule has 0 amide bonds. The number of hydrogen-bond donors (Lipinski definition) is 1. The van der Waals surface area contributed by atoms with Gasteiger partial charge in [0.2, 0.25) is 0 Å². The highest BCUT2D eigenvalue weighted by Gasteiger charge is 2.19. The maximum Gasteiger partial charge on any atom is 0.125 e. The monoisotopic (exact) mass is 344 g/mol. The molecule has 7 heteroatoms. The van der Waals surface area contributed by atoms with Crippen LogP contribution in [-0.2, 0) is 24.5 Å². The van der Waals surface area contributed by atoms with E-state index in [2.05, 4.69) is 32.8 Å². The lowest BCUT2D eigenvalue weighted by atomic mass is 10.2. The summed E-state index contributed by atoms with van der Waals surface area (Å²) in [6.07, 6.45) is 5.63. The smallest absolute Gasteiger partial charge is 0.125 e. The van der Waals surface area contributed by atoms with E-state index in [4.69, 9.17) is 4.74 Å². The molecule has 0 aromatic carbocycles. The molecule has 0 aliphatic carbocycles. The summed E-state index contributed by atoms with van der Waals surface area (Å²) >= 11 is 0. The first-order valence-corrected chi connectivity index (χ1v) is 7.00. The number of fused-ring (bicyclic) bond motifs is 1. The van der Waals surface area contributed by atoms with Crippen LogP contribution in [0.4, 0.5) is 0 Å². The summed E-state index contributed by atoms with van der Waals surface area (Å²) in [5, 5.41) is 3.41. The topological polar surface area (TPSA) is 52.0 Å². The standard InChI is InChI=1S/C15H20N4O.2ClH/c1-11-5-13(7-16-6-11)9-20-10-14-8-18-15-12(2)17-3-4-19(14)15;;/h5-8,12,17H,3-4,9-10H2,1-2H3;2*1H. The molecular weight excluding hydrogens is 323 g/mol. The minimum Gasteiger partial charge on any atom is -0.370 e. The van der Waals surface area contributed by atoms with E-state index in [-0.39, 0.29) is 24.8 Å². The maximum absolute atomic E-state index is 5.80. The van der Waals surface area contributed by atoms with Gasteiger partial charge < -0.3 is 14.6 Å². The third kappa shape index (κ3) is 4.20. The van der Waals surface area contributed by atoms with E-state index in [1.807, 2.05) is 25.5 Å². The molecule has 22 heavy (non-hydrogen) atoms. The lowest BCUT2D eigenvalue weighted by molar-refractivity contribution is 0.101. The summed E-state index contributed by atoms with van der Waals surface area (Å²) in [4.78, 5) is 8.66. The maximum atomic E-state index is 5.80. The predicted octanol–water partition coefficient (Wildman–Crippen LogP) is 2.81. The number of rotatable bonds is 4. The Balaban J connectivity index is 0.00000121. The molecule has 1 atom stereocenters. The molecule has 0 spiro atoms. The van der Waals surface area contributed by atoms with Crippen molar-refractivity contribution in [3.63, 3.8) is 0 Å². The van der Waals surface area contributed by atoms with Gasteiger partial charge in [-0.1, -0.05) is 6.07 Å². The first kappa shape index (κ1) is 18.9. The van der Waals surface area contributed by atoms with Crippen molar-refractivity contribution >= 4 is 24.8 Å². The Kier molecular flexibility index (Phi) is 7.29. The van der Waals surface area contributed by atoms with E-state index in [9.17, 15) is 0 Å². The zero-order valence-corrected chi connectivity index (χ0v) is 14.4. The number of nitrogens with one attached hydrogen (secondary N) is 1. The highest BCUT2D eigenvalue weighted by molar-refractivity contribution is 5.85. The quantitative estimate of drug-likeness (QED) is 0.926. The molecule has 1 N–H and O–H groups in total. The molecule has 1 aliphatic rings. The molecule has 1 unspecified atom stereocenters. The molecule has 3 rings (SSSR count).